The van der Waals surface area contributed by atoms with Gasteiger partial charge in [-0.2, -0.15) is 13.2 Å². The second-order valence-corrected chi connectivity index (χ2v) is 5.85. The van der Waals surface area contributed by atoms with Crippen molar-refractivity contribution in [2.24, 2.45) is 0 Å². The van der Waals surface area contributed by atoms with Crippen molar-refractivity contribution in [2.45, 2.75) is 33.0 Å². The molecule has 0 aromatic heterocycles. The molecule has 0 radical (unpaired) electrons. The zero-order chi connectivity index (χ0) is 19.2. The summed E-state index contributed by atoms with van der Waals surface area (Å²) in [6.45, 7) is 3.99. The van der Waals surface area contributed by atoms with Crippen molar-refractivity contribution in [1.82, 2.24) is 5.32 Å². The van der Waals surface area contributed by atoms with E-state index in [4.69, 9.17) is 4.74 Å². The van der Waals surface area contributed by atoms with E-state index in [1.165, 1.54) is 13.0 Å². The van der Waals surface area contributed by atoms with Gasteiger partial charge < -0.3 is 10.1 Å². The van der Waals surface area contributed by atoms with Crippen LogP contribution in [0.3, 0.4) is 0 Å². The van der Waals surface area contributed by atoms with E-state index in [1.54, 1.807) is 0 Å². The lowest BCUT2D eigenvalue weighted by Gasteiger charge is -2.21. The fourth-order valence-corrected chi connectivity index (χ4v) is 2.88. The molecule has 2 rings (SSSR count). The molecule has 0 aliphatic heterocycles. The van der Waals surface area contributed by atoms with E-state index < -0.39 is 17.7 Å². The van der Waals surface area contributed by atoms with Crippen LogP contribution >= 0.6 is 0 Å². The average molecular weight is 365 g/mol. The van der Waals surface area contributed by atoms with Gasteiger partial charge in [0.05, 0.1) is 12.2 Å². The molecule has 0 heterocycles. The number of carbonyl (C=O) groups excluding carboxylic acids is 1. The lowest BCUT2D eigenvalue weighted by atomic mass is 9.90. The Morgan fingerprint density at radius 3 is 2.35 bits per heavy atom. The predicted molar refractivity (Wildman–Crippen MR) is 94.6 cm³/mol. The molecule has 0 aliphatic rings. The number of benzene rings is 2. The molecule has 0 unspecified atom stereocenters. The topological polar surface area (TPSA) is 38.3 Å². The van der Waals surface area contributed by atoms with Gasteiger partial charge in [0.2, 0.25) is 0 Å². The summed E-state index contributed by atoms with van der Waals surface area (Å²) in [7, 11) is 0. The number of carbonyl (C=O) groups is 1. The van der Waals surface area contributed by atoms with E-state index in [2.05, 4.69) is 5.32 Å². The molecule has 2 aromatic rings. The molecule has 0 aliphatic carbocycles. The Hall–Kier alpha value is -2.34. The zero-order valence-corrected chi connectivity index (χ0v) is 14.8. The largest absolute Gasteiger partial charge is 0.466 e. The Kier molecular flexibility index (Phi) is 6.80. The van der Waals surface area contributed by atoms with Gasteiger partial charge in [0, 0.05) is 19.9 Å². The molecule has 0 atom stereocenters. The number of alkyl halides is 3. The smallest absolute Gasteiger partial charge is 0.416 e. The Bertz CT molecular complexity index is 743. The van der Waals surface area contributed by atoms with Crippen LogP contribution in [0.5, 0.6) is 0 Å². The van der Waals surface area contributed by atoms with E-state index in [1.807, 2.05) is 37.3 Å². The highest BCUT2D eigenvalue weighted by Crippen LogP contribution is 2.37. The van der Waals surface area contributed by atoms with Crippen LogP contribution in [-0.2, 0) is 28.7 Å². The molecule has 0 fully saturated rings. The molecule has 26 heavy (non-hydrogen) atoms. The monoisotopic (exact) mass is 365 g/mol. The van der Waals surface area contributed by atoms with Crippen molar-refractivity contribution in [3.8, 4) is 11.1 Å². The van der Waals surface area contributed by atoms with Crippen molar-refractivity contribution in [3.63, 3.8) is 0 Å². The summed E-state index contributed by atoms with van der Waals surface area (Å²) in [6.07, 6.45) is -4.46. The van der Waals surface area contributed by atoms with Crippen molar-refractivity contribution >= 4 is 5.97 Å². The summed E-state index contributed by atoms with van der Waals surface area (Å²) in [4.78, 5) is 11.0. The van der Waals surface area contributed by atoms with E-state index in [9.17, 15) is 18.0 Å². The van der Waals surface area contributed by atoms with Gasteiger partial charge in [0.25, 0.3) is 0 Å². The maximum atomic E-state index is 13.5. The van der Waals surface area contributed by atoms with Gasteiger partial charge in [0.1, 0.15) is 0 Å². The summed E-state index contributed by atoms with van der Waals surface area (Å²) < 4.78 is 45.5. The standard InChI is InChI=1S/C20H22F3NO2/c1-3-24-13-18-16(15-7-5-4-6-8-15)9-10-19(20(21,22)23)17(18)11-12-26-14(2)25/h4-10,24H,3,11-13H2,1-2H3. The fourth-order valence-electron chi connectivity index (χ4n) is 2.88. The molecule has 3 nitrogen and oxygen atoms in total. The number of halogens is 3. The Morgan fingerprint density at radius 1 is 1.08 bits per heavy atom. The molecular weight excluding hydrogens is 343 g/mol. The van der Waals surface area contributed by atoms with Gasteiger partial charge in [-0.25, -0.2) is 0 Å². The minimum Gasteiger partial charge on any atom is -0.466 e. The Balaban J connectivity index is 2.57. The van der Waals surface area contributed by atoms with Crippen LogP contribution in [0.15, 0.2) is 42.5 Å². The van der Waals surface area contributed by atoms with Crippen LogP contribution in [0, 0.1) is 0 Å². The third-order valence-electron chi connectivity index (χ3n) is 4.03. The van der Waals surface area contributed by atoms with E-state index >= 15 is 0 Å². The van der Waals surface area contributed by atoms with Crippen molar-refractivity contribution in [3.05, 3.63) is 59.2 Å². The summed E-state index contributed by atoms with van der Waals surface area (Å²) in [5.41, 5.74) is 1.67. The number of esters is 1. The molecule has 140 valence electrons. The first-order valence-corrected chi connectivity index (χ1v) is 8.46. The first-order valence-electron chi connectivity index (χ1n) is 8.46. The lowest BCUT2D eigenvalue weighted by molar-refractivity contribution is -0.141. The molecule has 2 aromatic carbocycles. The normalized spacial score (nSPS) is 11.4. The SMILES string of the molecule is CCNCc1c(-c2ccccc2)ccc(C(F)(F)F)c1CCOC(C)=O. The molecule has 6 heteroatoms. The molecule has 0 saturated heterocycles. The van der Waals surface area contributed by atoms with Crippen LogP contribution in [0.4, 0.5) is 13.2 Å². The summed E-state index contributed by atoms with van der Waals surface area (Å²) in [5.74, 6) is -0.508. The maximum absolute atomic E-state index is 13.5. The van der Waals surface area contributed by atoms with Gasteiger partial charge in [-0.3, -0.25) is 4.79 Å². The summed E-state index contributed by atoms with van der Waals surface area (Å²) in [5, 5.41) is 3.12. The highest BCUT2D eigenvalue weighted by molar-refractivity contribution is 5.70. The van der Waals surface area contributed by atoms with Gasteiger partial charge in [0.15, 0.2) is 0 Å². The van der Waals surface area contributed by atoms with Crippen LogP contribution in [0.2, 0.25) is 0 Å². The highest BCUT2D eigenvalue weighted by atomic mass is 19.4. The molecule has 0 saturated carbocycles. The fraction of sp³-hybridized carbons (Fsp3) is 0.350. The molecule has 0 spiro atoms. The third-order valence-corrected chi connectivity index (χ3v) is 4.03. The number of rotatable bonds is 7. The van der Waals surface area contributed by atoms with Gasteiger partial charge >= 0.3 is 12.1 Å². The molecular formula is C20H22F3NO2. The lowest BCUT2D eigenvalue weighted by Crippen LogP contribution is -2.19. The Labute approximate surface area is 151 Å². The number of hydrogen-bond acceptors (Lipinski definition) is 3. The molecule has 0 amide bonds. The van der Waals surface area contributed by atoms with Crippen molar-refractivity contribution < 1.29 is 22.7 Å². The molecule has 0 bridgehead atoms. The predicted octanol–water partition coefficient (Wildman–Crippen LogP) is 4.59. The zero-order valence-electron chi connectivity index (χ0n) is 14.8. The van der Waals surface area contributed by atoms with Crippen molar-refractivity contribution in [2.75, 3.05) is 13.2 Å². The Morgan fingerprint density at radius 2 is 1.77 bits per heavy atom. The second-order valence-electron chi connectivity index (χ2n) is 5.85. The first kappa shape index (κ1) is 20.0. The first-order chi connectivity index (χ1) is 12.3. The number of nitrogens with one attached hydrogen (secondary N) is 1. The average Bonchev–Trinajstić information content (AvgIpc) is 2.59. The minimum absolute atomic E-state index is 0.00975. The van der Waals surface area contributed by atoms with Crippen LogP contribution in [-0.4, -0.2) is 19.1 Å². The summed E-state index contributed by atoms with van der Waals surface area (Å²) in [6, 6.07) is 11.9. The van der Waals surface area contributed by atoms with Gasteiger partial charge in [-0.05, 0) is 34.9 Å². The van der Waals surface area contributed by atoms with Gasteiger partial charge in [-0.1, -0.05) is 43.3 Å². The minimum atomic E-state index is -4.47. The van der Waals surface area contributed by atoms with Crippen LogP contribution in [0.25, 0.3) is 11.1 Å². The van der Waals surface area contributed by atoms with E-state index in [0.717, 1.165) is 17.2 Å². The number of ether oxygens (including phenoxy) is 1. The quantitative estimate of drug-likeness (QED) is 0.730. The van der Waals surface area contributed by atoms with E-state index in [-0.39, 0.29) is 18.6 Å². The summed E-state index contributed by atoms with van der Waals surface area (Å²) >= 11 is 0. The second kappa shape index (κ2) is 8.85. The highest BCUT2D eigenvalue weighted by Gasteiger charge is 2.34. The molecule has 1 N–H and O–H groups in total. The van der Waals surface area contributed by atoms with Crippen LogP contribution in [0.1, 0.15) is 30.5 Å². The van der Waals surface area contributed by atoms with Gasteiger partial charge in [-0.15, -0.1) is 0 Å². The number of hydrogen-bond donors (Lipinski definition) is 1. The maximum Gasteiger partial charge on any atom is 0.416 e. The third kappa shape index (κ3) is 5.08. The van der Waals surface area contributed by atoms with Crippen LogP contribution < -0.4 is 5.32 Å². The van der Waals surface area contributed by atoms with E-state index in [0.29, 0.717) is 18.7 Å². The van der Waals surface area contributed by atoms with Crippen molar-refractivity contribution in [1.29, 1.82) is 0 Å².